The van der Waals surface area contributed by atoms with E-state index in [1.807, 2.05) is 6.07 Å². The van der Waals surface area contributed by atoms with Gasteiger partial charge in [0, 0.05) is 18.8 Å². The molecule has 0 aliphatic carbocycles. The summed E-state index contributed by atoms with van der Waals surface area (Å²) in [7, 11) is 0. The molecule has 0 spiro atoms. The Labute approximate surface area is 89.4 Å². The van der Waals surface area contributed by atoms with Crippen LogP contribution < -0.4 is 5.32 Å². The molecular weight excluding hydrogens is 193 g/mol. The summed E-state index contributed by atoms with van der Waals surface area (Å²) in [5.74, 6) is 0.363. The zero-order valence-electron chi connectivity index (χ0n) is 8.71. The minimum absolute atomic E-state index is 0.195. The molecule has 1 fully saturated rings. The minimum atomic E-state index is -0.195. The first-order valence-electron chi connectivity index (χ1n) is 5.42. The molecule has 1 aliphatic heterocycles. The van der Waals surface area contributed by atoms with E-state index in [2.05, 4.69) is 5.32 Å². The van der Waals surface area contributed by atoms with Gasteiger partial charge >= 0.3 is 0 Å². The zero-order chi connectivity index (χ0) is 10.5. The van der Waals surface area contributed by atoms with Crippen LogP contribution in [0.4, 0.5) is 10.1 Å². The first-order valence-corrected chi connectivity index (χ1v) is 5.42. The lowest BCUT2D eigenvalue weighted by Gasteiger charge is -2.22. The van der Waals surface area contributed by atoms with Crippen molar-refractivity contribution < 1.29 is 9.13 Å². The lowest BCUT2D eigenvalue weighted by atomic mass is 10.0. The Kier molecular flexibility index (Phi) is 3.56. The molecule has 0 radical (unpaired) electrons. The summed E-state index contributed by atoms with van der Waals surface area (Å²) in [4.78, 5) is 0. The highest BCUT2D eigenvalue weighted by atomic mass is 19.1. The third-order valence-electron chi connectivity index (χ3n) is 2.67. The summed E-state index contributed by atoms with van der Waals surface area (Å²) in [5, 5.41) is 3.24. The third kappa shape index (κ3) is 3.20. The van der Waals surface area contributed by atoms with E-state index < -0.39 is 0 Å². The summed E-state index contributed by atoms with van der Waals surface area (Å²) in [6.45, 7) is 2.57. The van der Waals surface area contributed by atoms with Crippen LogP contribution in [0.15, 0.2) is 24.3 Å². The summed E-state index contributed by atoms with van der Waals surface area (Å²) in [5.41, 5.74) is 0.848. The van der Waals surface area contributed by atoms with Crippen LogP contribution in [0.2, 0.25) is 0 Å². The topological polar surface area (TPSA) is 21.3 Å². The number of benzene rings is 1. The lowest BCUT2D eigenvalue weighted by Crippen LogP contribution is -2.24. The molecule has 1 heterocycles. The highest BCUT2D eigenvalue weighted by Gasteiger charge is 2.13. The van der Waals surface area contributed by atoms with Crippen LogP contribution in [0.5, 0.6) is 0 Å². The van der Waals surface area contributed by atoms with Crippen LogP contribution >= 0.6 is 0 Å². The van der Waals surface area contributed by atoms with E-state index in [9.17, 15) is 4.39 Å². The Bertz CT molecular complexity index is 310. The van der Waals surface area contributed by atoms with Crippen molar-refractivity contribution in [2.24, 2.45) is 5.92 Å². The van der Waals surface area contributed by atoms with Crippen LogP contribution in [0.1, 0.15) is 12.8 Å². The molecule has 0 saturated carbocycles. The first-order chi connectivity index (χ1) is 7.34. The molecule has 1 atom stereocenters. The van der Waals surface area contributed by atoms with E-state index in [0.29, 0.717) is 5.92 Å². The van der Waals surface area contributed by atoms with Crippen molar-refractivity contribution >= 4 is 5.69 Å². The van der Waals surface area contributed by atoms with E-state index in [1.165, 1.54) is 18.6 Å². The molecule has 0 bridgehead atoms. The summed E-state index contributed by atoms with van der Waals surface area (Å²) < 4.78 is 18.2. The average Bonchev–Trinajstić information content (AvgIpc) is 2.28. The van der Waals surface area contributed by atoms with E-state index >= 15 is 0 Å². The van der Waals surface area contributed by atoms with Gasteiger partial charge in [0.15, 0.2) is 0 Å². The Morgan fingerprint density at radius 3 is 3.13 bits per heavy atom. The maximum absolute atomic E-state index is 12.9. The number of hydrogen-bond acceptors (Lipinski definition) is 2. The first kappa shape index (κ1) is 10.4. The molecular formula is C12H16FNO. The SMILES string of the molecule is Fc1cccc(NCC2CCCOC2)c1. The second-order valence-corrected chi connectivity index (χ2v) is 3.97. The number of nitrogens with one attached hydrogen (secondary N) is 1. The fraction of sp³-hybridized carbons (Fsp3) is 0.500. The molecule has 1 N–H and O–H groups in total. The van der Waals surface area contributed by atoms with Crippen molar-refractivity contribution in [2.75, 3.05) is 25.1 Å². The number of halogens is 1. The van der Waals surface area contributed by atoms with Crippen molar-refractivity contribution in [3.05, 3.63) is 30.1 Å². The second-order valence-electron chi connectivity index (χ2n) is 3.97. The maximum Gasteiger partial charge on any atom is 0.125 e. The molecule has 1 aliphatic rings. The second kappa shape index (κ2) is 5.12. The van der Waals surface area contributed by atoms with Gasteiger partial charge in [0.1, 0.15) is 5.82 Å². The molecule has 1 aromatic carbocycles. The largest absolute Gasteiger partial charge is 0.385 e. The van der Waals surface area contributed by atoms with Crippen LogP contribution in [0.3, 0.4) is 0 Å². The van der Waals surface area contributed by atoms with Crippen LogP contribution in [0.25, 0.3) is 0 Å². The van der Waals surface area contributed by atoms with Crippen LogP contribution in [-0.2, 0) is 4.74 Å². The molecule has 1 saturated heterocycles. The number of hydrogen-bond donors (Lipinski definition) is 1. The van der Waals surface area contributed by atoms with Gasteiger partial charge in [-0.3, -0.25) is 0 Å². The fourth-order valence-electron chi connectivity index (χ4n) is 1.83. The molecule has 3 heteroatoms. The summed E-state index contributed by atoms with van der Waals surface area (Å²) >= 11 is 0. The van der Waals surface area contributed by atoms with E-state index in [-0.39, 0.29) is 5.82 Å². The van der Waals surface area contributed by atoms with E-state index in [0.717, 1.165) is 31.9 Å². The van der Waals surface area contributed by atoms with Crippen molar-refractivity contribution in [1.82, 2.24) is 0 Å². The van der Waals surface area contributed by atoms with Gasteiger partial charge in [-0.15, -0.1) is 0 Å². The zero-order valence-corrected chi connectivity index (χ0v) is 8.71. The van der Waals surface area contributed by atoms with Gasteiger partial charge in [0.2, 0.25) is 0 Å². The molecule has 1 aromatic rings. The lowest BCUT2D eigenvalue weighted by molar-refractivity contribution is 0.0595. The van der Waals surface area contributed by atoms with Gasteiger partial charge in [-0.05, 0) is 37.0 Å². The highest BCUT2D eigenvalue weighted by Crippen LogP contribution is 2.15. The normalized spacial score (nSPS) is 21.3. The van der Waals surface area contributed by atoms with Crippen molar-refractivity contribution in [3.63, 3.8) is 0 Å². The predicted octanol–water partition coefficient (Wildman–Crippen LogP) is 2.66. The number of ether oxygens (including phenoxy) is 1. The van der Waals surface area contributed by atoms with Gasteiger partial charge in [-0.1, -0.05) is 6.07 Å². The molecule has 0 aromatic heterocycles. The molecule has 1 unspecified atom stereocenters. The molecule has 15 heavy (non-hydrogen) atoms. The van der Waals surface area contributed by atoms with Crippen LogP contribution in [-0.4, -0.2) is 19.8 Å². The third-order valence-corrected chi connectivity index (χ3v) is 2.67. The smallest absolute Gasteiger partial charge is 0.125 e. The maximum atomic E-state index is 12.9. The van der Waals surface area contributed by atoms with Crippen molar-refractivity contribution in [1.29, 1.82) is 0 Å². The van der Waals surface area contributed by atoms with Crippen molar-refractivity contribution in [3.8, 4) is 0 Å². The van der Waals surface area contributed by atoms with Crippen molar-refractivity contribution in [2.45, 2.75) is 12.8 Å². The van der Waals surface area contributed by atoms with Gasteiger partial charge in [-0.25, -0.2) is 4.39 Å². The molecule has 82 valence electrons. The van der Waals surface area contributed by atoms with E-state index in [1.54, 1.807) is 6.07 Å². The predicted molar refractivity (Wildman–Crippen MR) is 58.4 cm³/mol. The quantitative estimate of drug-likeness (QED) is 0.826. The Morgan fingerprint density at radius 1 is 1.47 bits per heavy atom. The number of anilines is 1. The molecule has 2 nitrogen and oxygen atoms in total. The monoisotopic (exact) mass is 209 g/mol. The molecule has 2 rings (SSSR count). The van der Waals surface area contributed by atoms with Gasteiger partial charge < -0.3 is 10.1 Å². The highest BCUT2D eigenvalue weighted by molar-refractivity contribution is 5.42. The van der Waals surface area contributed by atoms with Gasteiger partial charge in [0.25, 0.3) is 0 Å². The Balaban J connectivity index is 1.81. The standard InChI is InChI=1S/C12H16FNO/c13-11-4-1-5-12(7-11)14-8-10-3-2-6-15-9-10/h1,4-5,7,10,14H,2-3,6,8-9H2. The summed E-state index contributed by atoms with van der Waals surface area (Å²) in [6, 6.07) is 6.57. The van der Waals surface area contributed by atoms with Gasteiger partial charge in [-0.2, -0.15) is 0 Å². The average molecular weight is 209 g/mol. The van der Waals surface area contributed by atoms with Gasteiger partial charge in [0.05, 0.1) is 6.61 Å². The van der Waals surface area contributed by atoms with Crippen LogP contribution in [0, 0.1) is 11.7 Å². The summed E-state index contributed by atoms with van der Waals surface area (Å²) in [6.07, 6.45) is 2.33. The Hall–Kier alpha value is -1.09. The fourth-order valence-corrected chi connectivity index (χ4v) is 1.83. The number of rotatable bonds is 3. The Morgan fingerprint density at radius 2 is 2.40 bits per heavy atom. The minimum Gasteiger partial charge on any atom is -0.385 e. The van der Waals surface area contributed by atoms with E-state index in [4.69, 9.17) is 4.74 Å². The molecule has 0 amide bonds.